The van der Waals surface area contributed by atoms with Gasteiger partial charge >= 0.3 is 5.97 Å². The van der Waals surface area contributed by atoms with Gasteiger partial charge < -0.3 is 14.6 Å². The third-order valence-electron chi connectivity index (χ3n) is 4.62. The average Bonchev–Trinajstić information content (AvgIpc) is 3.01. The predicted octanol–water partition coefficient (Wildman–Crippen LogP) is 4.37. The van der Waals surface area contributed by atoms with Crippen LogP contribution in [0.2, 0.25) is 0 Å². The van der Waals surface area contributed by atoms with E-state index in [2.05, 4.69) is 0 Å². The number of ether oxygens (including phenoxy) is 1. The molecule has 0 fully saturated rings. The van der Waals surface area contributed by atoms with E-state index in [0.29, 0.717) is 23.9 Å². The summed E-state index contributed by atoms with van der Waals surface area (Å²) < 4.78 is 46.8. The van der Waals surface area contributed by atoms with E-state index in [4.69, 9.17) is 4.74 Å². The lowest BCUT2D eigenvalue weighted by molar-refractivity contribution is -0.119. The van der Waals surface area contributed by atoms with Gasteiger partial charge in [0.1, 0.15) is 0 Å². The van der Waals surface area contributed by atoms with Crippen LogP contribution in [-0.2, 0) is 16.1 Å². The van der Waals surface area contributed by atoms with E-state index in [-0.39, 0.29) is 0 Å². The van der Waals surface area contributed by atoms with Crippen molar-refractivity contribution in [2.45, 2.75) is 20.4 Å². The zero-order valence-electron chi connectivity index (χ0n) is 16.3. The second kappa shape index (κ2) is 8.86. The molecule has 0 aliphatic rings. The van der Waals surface area contributed by atoms with Gasteiger partial charge in [0.15, 0.2) is 24.1 Å². The van der Waals surface area contributed by atoms with Crippen molar-refractivity contribution in [1.29, 1.82) is 0 Å². The summed E-state index contributed by atoms with van der Waals surface area (Å²) in [5.41, 5.74) is 2.34. The van der Waals surface area contributed by atoms with E-state index in [1.807, 2.05) is 47.1 Å². The number of rotatable bonds is 6. The zero-order chi connectivity index (χ0) is 21.8. The number of esters is 1. The molecular formula is C22H19F3N2O3. The second-order valence-electron chi connectivity index (χ2n) is 6.70. The van der Waals surface area contributed by atoms with Gasteiger partial charge in [0, 0.05) is 17.9 Å². The Morgan fingerprint density at radius 2 is 1.70 bits per heavy atom. The van der Waals surface area contributed by atoms with Gasteiger partial charge in [-0.2, -0.15) is 0 Å². The number of hydrogen-bond acceptors (Lipinski definition) is 3. The average molecular weight is 416 g/mol. The molecule has 0 saturated carbocycles. The highest BCUT2D eigenvalue weighted by atomic mass is 19.2. The van der Waals surface area contributed by atoms with Crippen LogP contribution < -0.4 is 5.32 Å². The molecule has 0 unspecified atom stereocenters. The maximum absolute atomic E-state index is 13.6. The van der Waals surface area contributed by atoms with Crippen molar-refractivity contribution < 1.29 is 27.5 Å². The van der Waals surface area contributed by atoms with E-state index in [0.717, 1.165) is 17.3 Å². The van der Waals surface area contributed by atoms with Crippen LogP contribution in [-0.4, -0.2) is 23.1 Å². The summed E-state index contributed by atoms with van der Waals surface area (Å²) in [6.07, 6.45) is 0. The number of aromatic nitrogens is 1. The second-order valence-corrected chi connectivity index (χ2v) is 6.70. The molecule has 0 bridgehead atoms. The molecule has 5 nitrogen and oxygen atoms in total. The molecule has 1 heterocycles. The van der Waals surface area contributed by atoms with Gasteiger partial charge in [-0.1, -0.05) is 30.3 Å². The Balaban J connectivity index is 1.64. The van der Waals surface area contributed by atoms with Crippen LogP contribution in [0.4, 0.5) is 18.9 Å². The van der Waals surface area contributed by atoms with E-state index < -0.39 is 41.6 Å². The molecule has 3 aromatic rings. The lowest BCUT2D eigenvalue weighted by Gasteiger charge is -2.10. The Hall–Kier alpha value is -3.55. The Morgan fingerprint density at radius 1 is 1.00 bits per heavy atom. The summed E-state index contributed by atoms with van der Waals surface area (Å²) in [6, 6.07) is 12.9. The number of carbonyl (C=O) groups excluding carboxylic acids is 2. The van der Waals surface area contributed by atoms with Crippen LogP contribution >= 0.6 is 0 Å². The first-order valence-corrected chi connectivity index (χ1v) is 9.09. The minimum absolute atomic E-state index is 0.301. The van der Waals surface area contributed by atoms with E-state index in [1.165, 1.54) is 0 Å². The Labute approximate surface area is 171 Å². The number of carbonyl (C=O) groups is 2. The summed E-state index contributed by atoms with van der Waals surface area (Å²) in [7, 11) is 0. The standard InChI is InChI=1S/C22H19F3N2O3/c1-13-10-16(14(2)27(13)11-15-6-4-3-5-7-15)22(29)30-12-19(28)26-18-9-8-17(23)20(24)21(18)25/h3-10H,11-12H2,1-2H3,(H,26,28). The highest BCUT2D eigenvalue weighted by molar-refractivity contribution is 5.96. The predicted molar refractivity (Wildman–Crippen MR) is 105 cm³/mol. The van der Waals surface area contributed by atoms with E-state index in [1.54, 1.807) is 13.0 Å². The smallest absolute Gasteiger partial charge is 0.340 e. The molecule has 1 amide bonds. The molecule has 0 aliphatic carbocycles. The van der Waals surface area contributed by atoms with Crippen molar-refractivity contribution in [3.63, 3.8) is 0 Å². The zero-order valence-corrected chi connectivity index (χ0v) is 16.3. The number of benzene rings is 2. The highest BCUT2D eigenvalue weighted by Gasteiger charge is 2.19. The number of aryl methyl sites for hydroxylation is 1. The number of nitrogens with one attached hydrogen (secondary N) is 1. The first kappa shape index (κ1) is 21.2. The lowest BCUT2D eigenvalue weighted by Crippen LogP contribution is -2.22. The monoisotopic (exact) mass is 416 g/mol. The quantitative estimate of drug-likeness (QED) is 0.480. The fraction of sp³-hybridized carbons (Fsp3) is 0.182. The molecule has 0 saturated heterocycles. The van der Waals surface area contributed by atoms with Crippen LogP contribution in [0.1, 0.15) is 27.3 Å². The fourth-order valence-electron chi connectivity index (χ4n) is 3.03. The fourth-order valence-corrected chi connectivity index (χ4v) is 3.03. The number of amides is 1. The van der Waals surface area contributed by atoms with Gasteiger partial charge in [-0.25, -0.2) is 18.0 Å². The Morgan fingerprint density at radius 3 is 2.40 bits per heavy atom. The Kier molecular flexibility index (Phi) is 6.25. The first-order chi connectivity index (χ1) is 14.3. The van der Waals surface area contributed by atoms with Gasteiger partial charge in [0.2, 0.25) is 0 Å². The molecule has 1 N–H and O–H groups in total. The van der Waals surface area contributed by atoms with Crippen molar-refractivity contribution >= 4 is 17.6 Å². The lowest BCUT2D eigenvalue weighted by atomic mass is 10.2. The molecule has 3 rings (SSSR count). The number of anilines is 1. The molecule has 156 valence electrons. The van der Waals surface area contributed by atoms with Gasteiger partial charge in [-0.05, 0) is 37.6 Å². The summed E-state index contributed by atoms with van der Waals surface area (Å²) in [4.78, 5) is 24.3. The van der Waals surface area contributed by atoms with Crippen LogP contribution in [0, 0.1) is 31.3 Å². The normalized spacial score (nSPS) is 10.7. The van der Waals surface area contributed by atoms with Crippen molar-refractivity contribution in [2.75, 3.05) is 11.9 Å². The molecule has 8 heteroatoms. The first-order valence-electron chi connectivity index (χ1n) is 9.09. The van der Waals surface area contributed by atoms with Crippen molar-refractivity contribution in [3.8, 4) is 0 Å². The van der Waals surface area contributed by atoms with E-state index in [9.17, 15) is 22.8 Å². The summed E-state index contributed by atoms with van der Waals surface area (Å²) in [6.45, 7) is 3.48. The van der Waals surface area contributed by atoms with Crippen molar-refractivity contribution in [1.82, 2.24) is 4.57 Å². The van der Waals surface area contributed by atoms with Crippen molar-refractivity contribution in [3.05, 3.63) is 88.5 Å². The summed E-state index contributed by atoms with van der Waals surface area (Å²) in [5.74, 6) is -6.20. The molecule has 0 aliphatic heterocycles. The minimum Gasteiger partial charge on any atom is -0.452 e. The molecule has 1 aromatic heterocycles. The summed E-state index contributed by atoms with van der Waals surface area (Å²) in [5, 5.41) is 2.05. The SMILES string of the molecule is Cc1cc(C(=O)OCC(=O)Nc2ccc(F)c(F)c2F)c(C)n1Cc1ccccc1. The maximum atomic E-state index is 13.6. The highest BCUT2D eigenvalue weighted by Crippen LogP contribution is 2.20. The number of nitrogens with zero attached hydrogens (tertiary/aromatic N) is 1. The minimum atomic E-state index is -1.70. The third-order valence-corrected chi connectivity index (χ3v) is 4.62. The van der Waals surface area contributed by atoms with Crippen LogP contribution in [0.5, 0.6) is 0 Å². The van der Waals surface area contributed by atoms with Crippen LogP contribution in [0.3, 0.4) is 0 Å². The third kappa shape index (κ3) is 4.53. The molecule has 2 aromatic carbocycles. The van der Waals surface area contributed by atoms with Crippen molar-refractivity contribution in [2.24, 2.45) is 0 Å². The van der Waals surface area contributed by atoms with Gasteiger partial charge in [-0.3, -0.25) is 4.79 Å². The van der Waals surface area contributed by atoms with Crippen LogP contribution in [0.25, 0.3) is 0 Å². The van der Waals surface area contributed by atoms with Gasteiger partial charge in [0.25, 0.3) is 5.91 Å². The van der Waals surface area contributed by atoms with Gasteiger partial charge in [-0.15, -0.1) is 0 Å². The van der Waals surface area contributed by atoms with E-state index >= 15 is 0 Å². The molecular weight excluding hydrogens is 397 g/mol. The number of hydrogen-bond donors (Lipinski definition) is 1. The molecule has 0 atom stereocenters. The molecule has 0 spiro atoms. The van der Waals surface area contributed by atoms with Gasteiger partial charge in [0.05, 0.1) is 11.3 Å². The topological polar surface area (TPSA) is 60.3 Å². The molecule has 0 radical (unpaired) electrons. The maximum Gasteiger partial charge on any atom is 0.340 e. The molecule has 30 heavy (non-hydrogen) atoms. The summed E-state index contributed by atoms with van der Waals surface area (Å²) >= 11 is 0. The van der Waals surface area contributed by atoms with Crippen LogP contribution in [0.15, 0.2) is 48.5 Å². The Bertz CT molecular complexity index is 1090. The largest absolute Gasteiger partial charge is 0.452 e. The number of halogens is 3.